The minimum Gasteiger partial charge on any atom is -0.494 e. The predicted molar refractivity (Wildman–Crippen MR) is 135 cm³/mol. The number of carbonyl (C=O) groups excluding carboxylic acids is 2. The van der Waals surface area contributed by atoms with Crippen LogP contribution < -0.4 is 15.4 Å². The molecule has 0 aliphatic heterocycles. The van der Waals surface area contributed by atoms with Crippen LogP contribution in [-0.4, -0.2) is 29.5 Å². The second-order valence-electron chi connectivity index (χ2n) is 7.89. The lowest BCUT2D eigenvalue weighted by Gasteiger charge is -2.12. The molecule has 0 aliphatic rings. The molecule has 176 valence electrons. The van der Waals surface area contributed by atoms with Gasteiger partial charge in [-0.15, -0.1) is 0 Å². The van der Waals surface area contributed by atoms with Gasteiger partial charge in [0.15, 0.2) is 0 Å². The monoisotopic (exact) mass is 468 g/mol. The number of carbonyl (C=O) groups is 3. The largest absolute Gasteiger partial charge is 0.494 e. The van der Waals surface area contributed by atoms with Gasteiger partial charge in [0.05, 0.1) is 23.4 Å². The third kappa shape index (κ3) is 6.23. The summed E-state index contributed by atoms with van der Waals surface area (Å²) < 4.78 is 5.78. The van der Waals surface area contributed by atoms with Crippen molar-refractivity contribution in [3.05, 3.63) is 102 Å². The molecule has 0 aliphatic carbocycles. The number of nitrogens with one attached hydrogen (secondary N) is 2. The van der Waals surface area contributed by atoms with Crippen molar-refractivity contribution in [1.29, 1.82) is 0 Å². The minimum atomic E-state index is -1.08. The van der Waals surface area contributed by atoms with Gasteiger partial charge in [0.25, 0.3) is 5.91 Å². The van der Waals surface area contributed by atoms with Crippen LogP contribution in [0.5, 0.6) is 5.75 Å². The fourth-order valence-electron chi connectivity index (χ4n) is 3.61. The van der Waals surface area contributed by atoms with Gasteiger partial charge >= 0.3 is 5.97 Å². The Morgan fingerprint density at radius 1 is 0.771 bits per heavy atom. The minimum absolute atomic E-state index is 0.0651. The van der Waals surface area contributed by atoms with Gasteiger partial charge in [-0.25, -0.2) is 4.79 Å². The number of para-hydroxylation sites is 1. The van der Waals surface area contributed by atoms with E-state index in [-0.39, 0.29) is 23.5 Å². The van der Waals surface area contributed by atoms with Crippen molar-refractivity contribution < 1.29 is 24.2 Å². The number of benzene rings is 4. The summed E-state index contributed by atoms with van der Waals surface area (Å²) in [6.45, 7) is 0.383. The standard InChI is InChI=1S/C28H24N2O5/c31-26(13-6-16-35-23-15-14-19-7-1-2-8-20(19)18-23)30-25-12-4-3-11-24(25)27(32)29-22-10-5-9-21(17-22)28(33)34/h1-5,7-12,14-15,17-18H,6,13,16H2,(H,29,32)(H,30,31)(H,33,34). The number of amides is 2. The van der Waals surface area contributed by atoms with Crippen LogP contribution in [0.1, 0.15) is 33.6 Å². The molecule has 7 heteroatoms. The summed E-state index contributed by atoms with van der Waals surface area (Å²) in [6, 6.07) is 26.5. The van der Waals surface area contributed by atoms with Crippen molar-refractivity contribution in [3.63, 3.8) is 0 Å². The Bertz CT molecular complexity index is 1380. The molecule has 0 atom stereocenters. The Morgan fingerprint density at radius 3 is 2.37 bits per heavy atom. The molecule has 0 radical (unpaired) electrons. The Balaban J connectivity index is 1.31. The molecule has 4 aromatic rings. The Morgan fingerprint density at radius 2 is 1.54 bits per heavy atom. The fourth-order valence-corrected chi connectivity index (χ4v) is 3.61. The molecule has 7 nitrogen and oxygen atoms in total. The smallest absolute Gasteiger partial charge is 0.335 e. The van der Waals surface area contributed by atoms with Crippen LogP contribution in [0.3, 0.4) is 0 Å². The van der Waals surface area contributed by atoms with E-state index < -0.39 is 11.9 Å². The number of aromatic carboxylic acids is 1. The molecule has 0 fully saturated rings. The second kappa shape index (κ2) is 11.0. The van der Waals surface area contributed by atoms with Crippen LogP contribution in [0.25, 0.3) is 10.8 Å². The topological polar surface area (TPSA) is 105 Å². The molecule has 0 saturated carbocycles. The van der Waals surface area contributed by atoms with Crippen molar-refractivity contribution in [2.75, 3.05) is 17.2 Å². The molecule has 0 heterocycles. The number of rotatable bonds is 9. The molecule has 3 N–H and O–H groups in total. The lowest BCUT2D eigenvalue weighted by Crippen LogP contribution is -2.18. The average Bonchev–Trinajstić information content (AvgIpc) is 2.87. The highest BCUT2D eigenvalue weighted by Gasteiger charge is 2.14. The summed E-state index contributed by atoms with van der Waals surface area (Å²) in [5.41, 5.74) is 1.06. The fraction of sp³-hybridized carbons (Fsp3) is 0.107. The number of carboxylic acids is 1. The number of carboxylic acid groups (broad SMARTS) is 1. The lowest BCUT2D eigenvalue weighted by molar-refractivity contribution is -0.116. The highest BCUT2D eigenvalue weighted by molar-refractivity contribution is 6.10. The van der Waals surface area contributed by atoms with Crippen molar-refractivity contribution in [3.8, 4) is 5.75 Å². The molecule has 4 aromatic carbocycles. The van der Waals surface area contributed by atoms with Gasteiger partial charge in [-0.1, -0.05) is 48.5 Å². The van der Waals surface area contributed by atoms with Gasteiger partial charge in [0.2, 0.25) is 5.91 Å². The van der Waals surface area contributed by atoms with Crippen molar-refractivity contribution in [1.82, 2.24) is 0 Å². The van der Waals surface area contributed by atoms with Gasteiger partial charge < -0.3 is 20.5 Å². The maximum Gasteiger partial charge on any atom is 0.335 e. The van der Waals surface area contributed by atoms with Crippen LogP contribution in [0.4, 0.5) is 11.4 Å². The normalized spacial score (nSPS) is 10.5. The van der Waals surface area contributed by atoms with Gasteiger partial charge in [-0.3, -0.25) is 9.59 Å². The number of hydrogen-bond donors (Lipinski definition) is 3. The van der Waals surface area contributed by atoms with Crippen molar-refractivity contribution >= 4 is 39.9 Å². The zero-order valence-corrected chi connectivity index (χ0v) is 18.9. The first kappa shape index (κ1) is 23.5. The van der Waals surface area contributed by atoms with Gasteiger partial charge in [0, 0.05) is 12.1 Å². The van der Waals surface area contributed by atoms with Crippen molar-refractivity contribution in [2.24, 2.45) is 0 Å². The molecule has 4 rings (SSSR count). The molecule has 35 heavy (non-hydrogen) atoms. The Kier molecular flexibility index (Phi) is 7.37. The van der Waals surface area contributed by atoms with Gasteiger partial charge in [-0.2, -0.15) is 0 Å². The van der Waals surface area contributed by atoms with Gasteiger partial charge in [0.1, 0.15) is 5.75 Å². The second-order valence-corrected chi connectivity index (χ2v) is 7.89. The van der Waals surface area contributed by atoms with E-state index >= 15 is 0 Å². The summed E-state index contributed by atoms with van der Waals surface area (Å²) in [7, 11) is 0. The molecule has 0 unspecified atom stereocenters. The maximum atomic E-state index is 12.8. The van der Waals surface area contributed by atoms with E-state index in [0.29, 0.717) is 24.4 Å². The van der Waals surface area contributed by atoms with Gasteiger partial charge in [-0.05, 0) is 59.7 Å². The molecular weight excluding hydrogens is 444 g/mol. The van der Waals surface area contributed by atoms with Crippen LogP contribution >= 0.6 is 0 Å². The summed E-state index contributed by atoms with van der Waals surface area (Å²) in [6.07, 6.45) is 0.735. The van der Waals surface area contributed by atoms with E-state index in [4.69, 9.17) is 9.84 Å². The van der Waals surface area contributed by atoms with E-state index in [1.807, 2.05) is 42.5 Å². The number of fused-ring (bicyclic) bond motifs is 1. The Hall–Kier alpha value is -4.65. The van der Waals surface area contributed by atoms with E-state index in [1.54, 1.807) is 36.4 Å². The van der Waals surface area contributed by atoms with Crippen LogP contribution in [0, 0.1) is 0 Å². The summed E-state index contributed by atoms with van der Waals surface area (Å²) in [4.78, 5) is 36.4. The zero-order valence-electron chi connectivity index (χ0n) is 18.9. The maximum absolute atomic E-state index is 12.8. The third-order valence-electron chi connectivity index (χ3n) is 5.35. The first-order valence-electron chi connectivity index (χ1n) is 11.1. The predicted octanol–water partition coefficient (Wildman–Crippen LogP) is 5.59. The highest BCUT2D eigenvalue weighted by atomic mass is 16.5. The summed E-state index contributed by atoms with van der Waals surface area (Å²) >= 11 is 0. The first-order valence-corrected chi connectivity index (χ1v) is 11.1. The zero-order chi connectivity index (χ0) is 24.6. The van der Waals surface area contributed by atoms with Crippen LogP contribution in [-0.2, 0) is 4.79 Å². The summed E-state index contributed by atoms with van der Waals surface area (Å²) in [5, 5.41) is 16.8. The SMILES string of the molecule is O=C(CCCOc1ccc2ccccc2c1)Nc1ccccc1C(=O)Nc1cccc(C(=O)O)c1. The average molecular weight is 469 g/mol. The number of anilines is 2. The number of ether oxygens (including phenoxy) is 1. The molecule has 0 bridgehead atoms. The van der Waals surface area contributed by atoms with E-state index in [1.165, 1.54) is 12.1 Å². The molecular formula is C28H24N2O5. The number of hydrogen-bond acceptors (Lipinski definition) is 4. The quantitative estimate of drug-likeness (QED) is 0.278. The van der Waals surface area contributed by atoms with E-state index in [9.17, 15) is 14.4 Å². The van der Waals surface area contributed by atoms with Crippen molar-refractivity contribution in [2.45, 2.75) is 12.8 Å². The highest BCUT2D eigenvalue weighted by Crippen LogP contribution is 2.21. The van der Waals surface area contributed by atoms with E-state index in [0.717, 1.165) is 16.5 Å². The first-order chi connectivity index (χ1) is 17.0. The molecule has 0 aromatic heterocycles. The Labute approximate surface area is 202 Å². The van der Waals surface area contributed by atoms with E-state index in [2.05, 4.69) is 10.6 Å². The lowest BCUT2D eigenvalue weighted by atomic mass is 10.1. The van der Waals surface area contributed by atoms with Crippen LogP contribution in [0.2, 0.25) is 0 Å². The molecule has 2 amide bonds. The van der Waals surface area contributed by atoms with Crippen LogP contribution in [0.15, 0.2) is 91.0 Å². The molecule has 0 saturated heterocycles. The third-order valence-corrected chi connectivity index (χ3v) is 5.35. The molecule has 0 spiro atoms. The summed E-state index contributed by atoms with van der Waals surface area (Å²) in [5.74, 6) is -1.03.